The minimum absolute atomic E-state index is 0.0270. The summed E-state index contributed by atoms with van der Waals surface area (Å²) in [5, 5.41) is 6.33. The van der Waals surface area contributed by atoms with Crippen molar-refractivity contribution in [2.75, 3.05) is 50.8 Å². The average Bonchev–Trinajstić information content (AvgIpc) is 2.90. The molecule has 0 unspecified atom stereocenters. The van der Waals surface area contributed by atoms with Crippen LogP contribution in [-0.4, -0.2) is 74.6 Å². The molecule has 0 radical (unpaired) electrons. The van der Waals surface area contributed by atoms with Crippen LogP contribution < -0.4 is 15.5 Å². The van der Waals surface area contributed by atoms with Gasteiger partial charge in [0.25, 0.3) is 5.91 Å². The summed E-state index contributed by atoms with van der Waals surface area (Å²) in [6, 6.07) is 15.7. The van der Waals surface area contributed by atoms with Gasteiger partial charge in [0.1, 0.15) is 0 Å². The maximum Gasteiger partial charge on any atom is 0.307 e. The van der Waals surface area contributed by atoms with Crippen molar-refractivity contribution in [3.8, 4) is 0 Å². The molecule has 1 atom stereocenters. The summed E-state index contributed by atoms with van der Waals surface area (Å²) in [6.45, 7) is 6.20. The van der Waals surface area contributed by atoms with Crippen LogP contribution in [0.1, 0.15) is 41.3 Å². The van der Waals surface area contributed by atoms with Gasteiger partial charge in [-0.2, -0.15) is 0 Å². The topological polar surface area (TPSA) is 91.0 Å². The first-order valence-electron chi connectivity index (χ1n) is 12.9. The molecule has 192 valence electrons. The molecule has 2 heterocycles. The van der Waals surface area contributed by atoms with E-state index in [-0.39, 0.29) is 36.8 Å². The number of hydrogen-bond acceptors (Lipinski definition) is 6. The van der Waals surface area contributed by atoms with Crippen LogP contribution >= 0.6 is 0 Å². The van der Waals surface area contributed by atoms with Gasteiger partial charge in [-0.05, 0) is 49.4 Å². The van der Waals surface area contributed by atoms with Gasteiger partial charge in [-0.15, -0.1) is 0 Å². The van der Waals surface area contributed by atoms with Gasteiger partial charge in [-0.25, -0.2) is 0 Å². The predicted molar refractivity (Wildman–Crippen MR) is 139 cm³/mol. The number of piperazine rings is 1. The molecule has 0 saturated carbocycles. The highest BCUT2D eigenvalue weighted by Gasteiger charge is 2.28. The van der Waals surface area contributed by atoms with Crippen LogP contribution in [-0.2, 0) is 27.2 Å². The second-order valence-corrected chi connectivity index (χ2v) is 9.35. The maximum absolute atomic E-state index is 13.3. The minimum Gasteiger partial charge on any atom is -0.466 e. The molecule has 2 aliphatic heterocycles. The fraction of sp³-hybridized carbons (Fsp3) is 0.464. The molecule has 2 aromatic carbocycles. The second kappa shape index (κ2) is 12.5. The smallest absolute Gasteiger partial charge is 0.307 e. The summed E-state index contributed by atoms with van der Waals surface area (Å²) in [4.78, 5) is 42.3. The number of amides is 2. The Balaban J connectivity index is 1.38. The summed E-state index contributed by atoms with van der Waals surface area (Å²) in [7, 11) is 0. The Morgan fingerprint density at radius 3 is 2.61 bits per heavy atom. The van der Waals surface area contributed by atoms with Crippen LogP contribution in [0.4, 0.5) is 5.69 Å². The van der Waals surface area contributed by atoms with Gasteiger partial charge in [0, 0.05) is 50.0 Å². The Morgan fingerprint density at radius 2 is 1.86 bits per heavy atom. The summed E-state index contributed by atoms with van der Waals surface area (Å²) in [5.74, 6) is -0.707. The summed E-state index contributed by atoms with van der Waals surface area (Å²) < 4.78 is 5.11. The molecule has 2 aliphatic rings. The number of anilines is 1. The van der Waals surface area contributed by atoms with Crippen molar-refractivity contribution >= 4 is 23.5 Å². The highest BCUT2D eigenvalue weighted by Crippen LogP contribution is 2.25. The van der Waals surface area contributed by atoms with Crippen molar-refractivity contribution in [3.63, 3.8) is 0 Å². The number of carbonyl (C=O) groups excluding carboxylic acids is 3. The first kappa shape index (κ1) is 25.7. The van der Waals surface area contributed by atoms with Crippen LogP contribution in [0.2, 0.25) is 0 Å². The Bertz CT molecular complexity index is 1050. The van der Waals surface area contributed by atoms with Gasteiger partial charge in [-0.1, -0.05) is 36.4 Å². The number of ether oxygens (including phenoxy) is 1. The fourth-order valence-corrected chi connectivity index (χ4v) is 4.86. The fourth-order valence-electron chi connectivity index (χ4n) is 4.86. The molecule has 0 aliphatic carbocycles. The number of carbonyl (C=O) groups is 3. The minimum atomic E-state index is -0.358. The first-order valence-corrected chi connectivity index (χ1v) is 12.9. The number of hydrogen-bond donors (Lipinski definition) is 2. The zero-order chi connectivity index (χ0) is 25.3. The molecule has 2 aromatic rings. The third-order valence-corrected chi connectivity index (χ3v) is 6.79. The quantitative estimate of drug-likeness (QED) is 0.494. The number of esters is 1. The van der Waals surface area contributed by atoms with E-state index in [1.165, 1.54) is 0 Å². The van der Waals surface area contributed by atoms with Crippen LogP contribution in [0, 0.1) is 0 Å². The monoisotopic (exact) mass is 492 g/mol. The molecule has 8 heteroatoms. The third kappa shape index (κ3) is 6.85. The zero-order valence-electron chi connectivity index (χ0n) is 21.0. The lowest BCUT2D eigenvalue weighted by atomic mass is 9.97. The van der Waals surface area contributed by atoms with Crippen molar-refractivity contribution in [1.82, 2.24) is 15.5 Å². The van der Waals surface area contributed by atoms with Crippen molar-refractivity contribution in [2.24, 2.45) is 0 Å². The van der Waals surface area contributed by atoms with E-state index in [1.807, 2.05) is 42.5 Å². The van der Waals surface area contributed by atoms with Gasteiger partial charge in [-0.3, -0.25) is 14.4 Å². The standard InChI is InChI=1S/C28H36N4O4/c1-2-36-27(34)18-23(10-8-21-6-4-3-5-7-21)30-26(33)20-32-15-12-22-9-11-24(19-25(22)28(32)35)31-16-13-29-14-17-31/h3-7,9,11,19,23,29H,2,8,10,12-18,20H2,1H3,(H,30,33)/t23-/m1/s1. The van der Waals surface area contributed by atoms with E-state index in [4.69, 9.17) is 4.74 Å². The Morgan fingerprint density at radius 1 is 1.08 bits per heavy atom. The van der Waals surface area contributed by atoms with Gasteiger partial charge >= 0.3 is 5.97 Å². The molecule has 2 amide bonds. The number of nitrogens with one attached hydrogen (secondary N) is 2. The lowest BCUT2D eigenvalue weighted by molar-refractivity contribution is -0.143. The van der Waals surface area contributed by atoms with Crippen molar-refractivity contribution in [2.45, 2.75) is 38.6 Å². The number of fused-ring (bicyclic) bond motifs is 1. The largest absolute Gasteiger partial charge is 0.466 e. The number of rotatable bonds is 10. The number of nitrogens with zero attached hydrogens (tertiary/aromatic N) is 2. The van der Waals surface area contributed by atoms with E-state index in [9.17, 15) is 14.4 Å². The number of benzene rings is 2. The Labute approximate surface area is 213 Å². The van der Waals surface area contributed by atoms with Crippen LogP contribution in [0.15, 0.2) is 48.5 Å². The lowest BCUT2D eigenvalue weighted by Gasteiger charge is -2.32. The SMILES string of the molecule is CCOC(=O)C[C@@H](CCc1ccccc1)NC(=O)CN1CCc2ccc(N3CCNCC3)cc2C1=O. The van der Waals surface area contributed by atoms with E-state index in [0.717, 1.165) is 55.8 Å². The molecular formula is C28H36N4O4. The zero-order valence-corrected chi connectivity index (χ0v) is 21.0. The molecule has 36 heavy (non-hydrogen) atoms. The molecular weight excluding hydrogens is 456 g/mol. The first-order chi connectivity index (χ1) is 17.5. The van der Waals surface area contributed by atoms with E-state index in [0.29, 0.717) is 25.1 Å². The van der Waals surface area contributed by atoms with Crippen LogP contribution in [0.25, 0.3) is 0 Å². The Hall–Kier alpha value is -3.39. The van der Waals surface area contributed by atoms with Gasteiger partial charge in [0.05, 0.1) is 19.6 Å². The van der Waals surface area contributed by atoms with E-state index < -0.39 is 0 Å². The normalized spacial score (nSPS) is 16.3. The van der Waals surface area contributed by atoms with Crippen LogP contribution in [0.5, 0.6) is 0 Å². The average molecular weight is 493 g/mol. The number of aryl methyl sites for hydroxylation is 1. The highest BCUT2D eigenvalue weighted by atomic mass is 16.5. The second-order valence-electron chi connectivity index (χ2n) is 9.35. The van der Waals surface area contributed by atoms with E-state index in [2.05, 4.69) is 21.6 Å². The Kier molecular flexibility index (Phi) is 8.95. The molecule has 2 N–H and O–H groups in total. The van der Waals surface area contributed by atoms with Crippen molar-refractivity contribution in [1.29, 1.82) is 0 Å². The van der Waals surface area contributed by atoms with E-state index in [1.54, 1.807) is 11.8 Å². The highest BCUT2D eigenvalue weighted by molar-refractivity contribution is 5.99. The summed E-state index contributed by atoms with van der Waals surface area (Å²) in [6.07, 6.45) is 2.17. The third-order valence-electron chi connectivity index (χ3n) is 6.79. The molecule has 1 saturated heterocycles. The van der Waals surface area contributed by atoms with Crippen molar-refractivity contribution < 1.29 is 19.1 Å². The molecule has 1 fully saturated rings. The van der Waals surface area contributed by atoms with Gasteiger partial charge in [0.2, 0.25) is 5.91 Å². The summed E-state index contributed by atoms with van der Waals surface area (Å²) >= 11 is 0. The molecule has 4 rings (SSSR count). The molecule has 0 spiro atoms. The van der Waals surface area contributed by atoms with Gasteiger partial charge < -0.3 is 25.2 Å². The maximum atomic E-state index is 13.3. The van der Waals surface area contributed by atoms with E-state index >= 15 is 0 Å². The predicted octanol–water partition coefficient (Wildman–Crippen LogP) is 2.17. The molecule has 0 aromatic heterocycles. The lowest BCUT2D eigenvalue weighted by Crippen LogP contribution is -2.47. The molecule has 0 bridgehead atoms. The summed E-state index contributed by atoms with van der Waals surface area (Å²) in [5.41, 5.74) is 3.89. The van der Waals surface area contributed by atoms with Gasteiger partial charge in [0.15, 0.2) is 0 Å². The van der Waals surface area contributed by atoms with Crippen molar-refractivity contribution in [3.05, 3.63) is 65.2 Å². The molecule has 8 nitrogen and oxygen atoms in total. The van der Waals surface area contributed by atoms with Crippen LogP contribution in [0.3, 0.4) is 0 Å².